The SMILES string of the molecule is CCCNC(C)(C#N)CCOC(C(F)(F)F)C(F)(F)F. The van der Waals surface area contributed by atoms with Crippen LogP contribution in [0.15, 0.2) is 0 Å². The van der Waals surface area contributed by atoms with Gasteiger partial charge in [0.2, 0.25) is 6.10 Å². The molecule has 0 aromatic heterocycles. The van der Waals surface area contributed by atoms with E-state index in [1.807, 2.05) is 13.0 Å². The molecule has 3 nitrogen and oxygen atoms in total. The van der Waals surface area contributed by atoms with Gasteiger partial charge in [-0.25, -0.2) is 0 Å². The maximum atomic E-state index is 12.2. The lowest BCUT2D eigenvalue weighted by molar-refractivity contribution is -0.322. The highest BCUT2D eigenvalue weighted by atomic mass is 19.4. The summed E-state index contributed by atoms with van der Waals surface area (Å²) >= 11 is 0. The molecule has 118 valence electrons. The first-order valence-corrected chi connectivity index (χ1v) is 5.87. The van der Waals surface area contributed by atoms with E-state index in [0.29, 0.717) is 13.0 Å². The summed E-state index contributed by atoms with van der Waals surface area (Å²) in [6, 6.07) is 1.81. The van der Waals surface area contributed by atoms with Crippen LogP contribution in [0.5, 0.6) is 0 Å². The molecule has 0 fully saturated rings. The van der Waals surface area contributed by atoms with Gasteiger partial charge in [0.1, 0.15) is 5.54 Å². The third kappa shape index (κ3) is 6.43. The summed E-state index contributed by atoms with van der Waals surface area (Å²) < 4.78 is 77.1. The van der Waals surface area contributed by atoms with Crippen molar-refractivity contribution < 1.29 is 31.1 Å². The second kappa shape index (κ2) is 7.13. The molecule has 0 aliphatic rings. The van der Waals surface area contributed by atoms with Gasteiger partial charge < -0.3 is 4.74 Å². The van der Waals surface area contributed by atoms with E-state index in [1.165, 1.54) is 6.92 Å². The van der Waals surface area contributed by atoms with E-state index in [2.05, 4.69) is 10.1 Å². The molecule has 1 N–H and O–H groups in total. The first-order valence-electron chi connectivity index (χ1n) is 5.87. The number of nitriles is 1. The minimum absolute atomic E-state index is 0.286. The number of nitrogens with zero attached hydrogens (tertiary/aromatic N) is 1. The Labute approximate surface area is 112 Å². The topological polar surface area (TPSA) is 45.0 Å². The number of nitrogens with one attached hydrogen (secondary N) is 1. The van der Waals surface area contributed by atoms with Crippen molar-refractivity contribution in [2.24, 2.45) is 0 Å². The monoisotopic (exact) mass is 306 g/mol. The highest BCUT2D eigenvalue weighted by Gasteiger charge is 2.58. The van der Waals surface area contributed by atoms with Crippen molar-refractivity contribution >= 4 is 0 Å². The van der Waals surface area contributed by atoms with E-state index in [1.54, 1.807) is 0 Å². The average Bonchev–Trinajstić information content (AvgIpc) is 2.29. The summed E-state index contributed by atoms with van der Waals surface area (Å²) in [6.07, 6.45) is -14.5. The lowest BCUT2D eigenvalue weighted by atomic mass is 10.0. The van der Waals surface area contributed by atoms with Gasteiger partial charge in [-0.1, -0.05) is 6.92 Å². The Bertz CT molecular complexity index is 321. The summed E-state index contributed by atoms with van der Waals surface area (Å²) in [4.78, 5) is 0. The number of hydrogen-bond donors (Lipinski definition) is 1. The highest BCUT2D eigenvalue weighted by Crippen LogP contribution is 2.35. The summed E-state index contributed by atoms with van der Waals surface area (Å²) in [5, 5.41) is 11.6. The fourth-order valence-electron chi connectivity index (χ4n) is 1.34. The van der Waals surface area contributed by atoms with Crippen molar-refractivity contribution in [3.05, 3.63) is 0 Å². The zero-order chi connectivity index (χ0) is 16.0. The quantitative estimate of drug-likeness (QED) is 0.735. The van der Waals surface area contributed by atoms with Crippen LogP contribution in [0.4, 0.5) is 26.3 Å². The van der Waals surface area contributed by atoms with Crippen LogP contribution in [0.3, 0.4) is 0 Å². The predicted octanol–water partition coefficient (Wildman–Crippen LogP) is 3.17. The molecule has 1 unspecified atom stereocenters. The zero-order valence-corrected chi connectivity index (χ0v) is 11.0. The average molecular weight is 306 g/mol. The molecule has 0 rings (SSSR count). The minimum atomic E-state index is -5.53. The maximum Gasteiger partial charge on any atom is 0.423 e. The Hall–Kier alpha value is -1.01. The molecule has 0 heterocycles. The van der Waals surface area contributed by atoms with Gasteiger partial charge in [0.15, 0.2) is 0 Å². The van der Waals surface area contributed by atoms with Crippen molar-refractivity contribution in [3.8, 4) is 6.07 Å². The van der Waals surface area contributed by atoms with Crippen molar-refractivity contribution in [1.29, 1.82) is 5.26 Å². The molecule has 0 spiro atoms. The van der Waals surface area contributed by atoms with Crippen LogP contribution in [-0.4, -0.2) is 37.1 Å². The Morgan fingerprint density at radius 3 is 2.00 bits per heavy atom. The van der Waals surface area contributed by atoms with Gasteiger partial charge in [-0.05, 0) is 19.9 Å². The lowest BCUT2D eigenvalue weighted by Gasteiger charge is -2.26. The van der Waals surface area contributed by atoms with Crippen LogP contribution in [-0.2, 0) is 4.74 Å². The third-order valence-electron chi connectivity index (χ3n) is 2.49. The molecule has 0 saturated carbocycles. The second-order valence-electron chi connectivity index (χ2n) is 4.45. The van der Waals surface area contributed by atoms with Crippen LogP contribution in [0.2, 0.25) is 0 Å². The first-order chi connectivity index (χ1) is 8.96. The van der Waals surface area contributed by atoms with Gasteiger partial charge in [-0.3, -0.25) is 5.32 Å². The molecule has 9 heteroatoms. The fraction of sp³-hybridized carbons (Fsp3) is 0.909. The Balaban J connectivity index is 4.55. The van der Waals surface area contributed by atoms with E-state index in [0.717, 1.165) is 0 Å². The first kappa shape index (κ1) is 19.0. The lowest BCUT2D eigenvalue weighted by Crippen LogP contribution is -2.46. The fourth-order valence-corrected chi connectivity index (χ4v) is 1.34. The van der Waals surface area contributed by atoms with Gasteiger partial charge in [0.05, 0.1) is 12.7 Å². The van der Waals surface area contributed by atoms with Crippen LogP contribution in [0.25, 0.3) is 0 Å². The van der Waals surface area contributed by atoms with Gasteiger partial charge in [-0.2, -0.15) is 31.6 Å². The number of halogens is 6. The predicted molar refractivity (Wildman–Crippen MR) is 58.8 cm³/mol. The molecule has 0 aromatic rings. The molecule has 0 amide bonds. The van der Waals surface area contributed by atoms with Crippen molar-refractivity contribution in [2.45, 2.75) is 50.7 Å². The van der Waals surface area contributed by atoms with E-state index in [4.69, 9.17) is 5.26 Å². The highest BCUT2D eigenvalue weighted by molar-refractivity contribution is 5.03. The molecule has 0 aromatic carbocycles. The summed E-state index contributed by atoms with van der Waals surface area (Å²) in [6.45, 7) is 2.79. The number of hydrogen-bond acceptors (Lipinski definition) is 3. The normalized spacial score (nSPS) is 16.0. The van der Waals surface area contributed by atoms with Crippen molar-refractivity contribution in [1.82, 2.24) is 5.32 Å². The van der Waals surface area contributed by atoms with Gasteiger partial charge in [0, 0.05) is 6.42 Å². The molecule has 0 radical (unpaired) electrons. The molecule has 1 atom stereocenters. The van der Waals surface area contributed by atoms with Gasteiger partial charge in [-0.15, -0.1) is 0 Å². The summed E-state index contributed by atoms with van der Waals surface area (Å²) in [5.74, 6) is 0. The molecule has 0 aliphatic carbocycles. The van der Waals surface area contributed by atoms with E-state index in [9.17, 15) is 26.3 Å². The molecular formula is C11H16F6N2O. The summed E-state index contributed by atoms with van der Waals surface area (Å²) in [7, 11) is 0. The molecule has 0 aliphatic heterocycles. The molecule has 0 bridgehead atoms. The van der Waals surface area contributed by atoms with Crippen LogP contribution in [0, 0.1) is 11.3 Å². The molecular weight excluding hydrogens is 290 g/mol. The smallest absolute Gasteiger partial charge is 0.361 e. The Kier molecular flexibility index (Phi) is 6.77. The van der Waals surface area contributed by atoms with E-state index >= 15 is 0 Å². The minimum Gasteiger partial charge on any atom is -0.361 e. The van der Waals surface area contributed by atoms with Crippen molar-refractivity contribution in [2.75, 3.05) is 13.2 Å². The molecule has 20 heavy (non-hydrogen) atoms. The number of ether oxygens (including phenoxy) is 1. The number of rotatable bonds is 7. The zero-order valence-electron chi connectivity index (χ0n) is 11.0. The van der Waals surface area contributed by atoms with Gasteiger partial charge in [0.25, 0.3) is 0 Å². The number of alkyl halides is 6. The molecule has 0 saturated heterocycles. The largest absolute Gasteiger partial charge is 0.423 e. The van der Waals surface area contributed by atoms with Crippen LogP contribution in [0.1, 0.15) is 26.7 Å². The third-order valence-corrected chi connectivity index (χ3v) is 2.49. The van der Waals surface area contributed by atoms with E-state index in [-0.39, 0.29) is 6.42 Å². The Morgan fingerprint density at radius 1 is 1.15 bits per heavy atom. The van der Waals surface area contributed by atoms with Crippen LogP contribution >= 0.6 is 0 Å². The van der Waals surface area contributed by atoms with Crippen molar-refractivity contribution in [3.63, 3.8) is 0 Å². The second-order valence-corrected chi connectivity index (χ2v) is 4.45. The van der Waals surface area contributed by atoms with Gasteiger partial charge >= 0.3 is 12.4 Å². The Morgan fingerprint density at radius 2 is 1.65 bits per heavy atom. The standard InChI is InChI=1S/C11H16F6N2O/c1-3-5-19-9(2,7-18)4-6-20-8(10(12,13)14)11(15,16)17/h8,19H,3-6H2,1-2H3. The maximum absolute atomic E-state index is 12.2. The van der Waals surface area contributed by atoms with E-state index < -0.39 is 30.6 Å². The van der Waals surface area contributed by atoms with Crippen LogP contribution < -0.4 is 5.32 Å². The summed E-state index contributed by atoms with van der Waals surface area (Å²) in [5.41, 5.74) is -1.22.